The van der Waals surface area contributed by atoms with Gasteiger partial charge in [-0.25, -0.2) is 18.5 Å². The van der Waals surface area contributed by atoms with Crippen molar-refractivity contribution in [2.45, 2.75) is 44.6 Å². The lowest BCUT2D eigenvalue weighted by Gasteiger charge is -2.21. The van der Waals surface area contributed by atoms with Crippen LogP contribution in [0.15, 0.2) is 47.4 Å². The molecular weight excluding hydrogens is 398 g/mol. The molecule has 3 N–H and O–H groups in total. The maximum Gasteiger partial charge on any atom is 0.240 e. The molecule has 6 nitrogen and oxygen atoms in total. The third-order valence-electron chi connectivity index (χ3n) is 5.46. The summed E-state index contributed by atoms with van der Waals surface area (Å²) < 4.78 is 30.0. The zero-order chi connectivity index (χ0) is 21.5. The summed E-state index contributed by atoms with van der Waals surface area (Å²) in [6, 6.07) is 12.7. The first-order valence-corrected chi connectivity index (χ1v) is 11.7. The Morgan fingerprint density at radius 1 is 1.20 bits per heavy atom. The van der Waals surface area contributed by atoms with Crippen molar-refractivity contribution in [2.75, 3.05) is 11.9 Å². The first-order chi connectivity index (χ1) is 14.2. The molecule has 3 aromatic rings. The van der Waals surface area contributed by atoms with E-state index in [4.69, 9.17) is 14.9 Å². The Hall–Kier alpha value is -2.64. The van der Waals surface area contributed by atoms with Crippen molar-refractivity contribution < 1.29 is 13.2 Å². The zero-order valence-electron chi connectivity index (χ0n) is 17.5. The van der Waals surface area contributed by atoms with E-state index in [-0.39, 0.29) is 10.9 Å². The van der Waals surface area contributed by atoms with E-state index in [1.807, 2.05) is 20.8 Å². The highest BCUT2D eigenvalue weighted by molar-refractivity contribution is 7.89. The fourth-order valence-corrected chi connectivity index (χ4v) is 4.37. The number of sulfonamides is 1. The SMILES string of the molecule is Cc1cc(C(C)Nc2ccccc2S(N)(=O)=O)c2cc(OCC3CC3)c(C)nc2c1. The molecule has 0 amide bonds. The molecule has 158 valence electrons. The Bertz CT molecular complexity index is 1200. The van der Waals surface area contributed by atoms with Crippen LogP contribution in [0.4, 0.5) is 5.69 Å². The summed E-state index contributed by atoms with van der Waals surface area (Å²) >= 11 is 0. The third kappa shape index (κ3) is 4.42. The van der Waals surface area contributed by atoms with Crippen LogP contribution in [0.5, 0.6) is 5.75 Å². The second-order valence-corrected chi connectivity index (χ2v) is 9.68. The van der Waals surface area contributed by atoms with Crippen molar-refractivity contribution >= 4 is 26.6 Å². The Morgan fingerprint density at radius 3 is 2.63 bits per heavy atom. The fraction of sp³-hybridized carbons (Fsp3) is 0.348. The van der Waals surface area contributed by atoms with Gasteiger partial charge in [-0.05, 0) is 74.9 Å². The van der Waals surface area contributed by atoms with Gasteiger partial charge >= 0.3 is 0 Å². The Kier molecular flexibility index (Phi) is 5.42. The molecule has 1 saturated carbocycles. The molecule has 2 aromatic carbocycles. The van der Waals surface area contributed by atoms with Gasteiger partial charge in [-0.15, -0.1) is 0 Å². The molecule has 1 aromatic heterocycles. The normalized spacial score (nSPS) is 15.2. The van der Waals surface area contributed by atoms with Crippen LogP contribution >= 0.6 is 0 Å². The summed E-state index contributed by atoms with van der Waals surface area (Å²) in [6.07, 6.45) is 2.46. The number of rotatable bonds is 7. The molecule has 7 heteroatoms. The Labute approximate surface area is 177 Å². The number of hydrogen-bond acceptors (Lipinski definition) is 5. The highest BCUT2D eigenvalue weighted by Gasteiger charge is 2.23. The smallest absolute Gasteiger partial charge is 0.240 e. The maximum atomic E-state index is 12.0. The van der Waals surface area contributed by atoms with E-state index >= 15 is 0 Å². The monoisotopic (exact) mass is 425 g/mol. The van der Waals surface area contributed by atoms with Crippen molar-refractivity contribution in [3.63, 3.8) is 0 Å². The summed E-state index contributed by atoms with van der Waals surface area (Å²) in [5, 5.41) is 9.70. The van der Waals surface area contributed by atoms with Gasteiger partial charge in [-0.3, -0.25) is 0 Å². The van der Waals surface area contributed by atoms with Gasteiger partial charge in [0.15, 0.2) is 0 Å². The number of ether oxygens (including phenoxy) is 1. The molecule has 1 heterocycles. The van der Waals surface area contributed by atoms with Gasteiger partial charge in [0.05, 0.1) is 23.5 Å². The van der Waals surface area contributed by atoms with Gasteiger partial charge in [0.2, 0.25) is 10.0 Å². The minimum atomic E-state index is -3.83. The average Bonchev–Trinajstić information content (AvgIpc) is 3.50. The van der Waals surface area contributed by atoms with Crippen LogP contribution in [0.2, 0.25) is 0 Å². The number of benzene rings is 2. The van der Waals surface area contributed by atoms with Crippen molar-refractivity contribution in [3.05, 3.63) is 59.3 Å². The summed E-state index contributed by atoms with van der Waals surface area (Å²) in [7, 11) is -3.83. The second-order valence-electron chi connectivity index (χ2n) is 8.15. The summed E-state index contributed by atoms with van der Waals surface area (Å²) in [5.74, 6) is 1.46. The number of fused-ring (bicyclic) bond motifs is 1. The fourth-order valence-electron chi connectivity index (χ4n) is 3.67. The lowest BCUT2D eigenvalue weighted by atomic mass is 9.98. The van der Waals surface area contributed by atoms with Crippen LogP contribution in [0, 0.1) is 19.8 Å². The van der Waals surface area contributed by atoms with Gasteiger partial charge in [0, 0.05) is 11.4 Å². The third-order valence-corrected chi connectivity index (χ3v) is 6.43. The molecular formula is C23H27N3O3S. The largest absolute Gasteiger partial charge is 0.491 e. The van der Waals surface area contributed by atoms with E-state index in [9.17, 15) is 8.42 Å². The number of nitrogens with zero attached hydrogens (tertiary/aromatic N) is 1. The number of anilines is 1. The second kappa shape index (κ2) is 7.89. The molecule has 0 bridgehead atoms. The van der Waals surface area contributed by atoms with Gasteiger partial charge in [-0.1, -0.05) is 18.2 Å². The van der Waals surface area contributed by atoms with Crippen LogP contribution in [0.3, 0.4) is 0 Å². The van der Waals surface area contributed by atoms with Crippen LogP contribution < -0.4 is 15.2 Å². The van der Waals surface area contributed by atoms with E-state index in [0.29, 0.717) is 11.6 Å². The van der Waals surface area contributed by atoms with Crippen LogP contribution in [0.1, 0.15) is 42.6 Å². The lowest BCUT2D eigenvalue weighted by molar-refractivity contribution is 0.297. The Morgan fingerprint density at radius 2 is 1.93 bits per heavy atom. The summed E-state index contributed by atoms with van der Waals surface area (Å²) in [6.45, 7) is 6.72. The van der Waals surface area contributed by atoms with E-state index in [1.165, 1.54) is 18.9 Å². The number of aryl methyl sites for hydroxylation is 2. The molecule has 0 spiro atoms. The van der Waals surface area contributed by atoms with E-state index in [0.717, 1.165) is 40.1 Å². The number of aromatic nitrogens is 1. The molecule has 1 atom stereocenters. The topological polar surface area (TPSA) is 94.3 Å². The van der Waals surface area contributed by atoms with Crippen molar-refractivity contribution in [3.8, 4) is 5.75 Å². The summed E-state index contributed by atoms with van der Waals surface area (Å²) in [4.78, 5) is 4.85. The molecule has 1 unspecified atom stereocenters. The average molecular weight is 426 g/mol. The number of nitrogens with one attached hydrogen (secondary N) is 1. The van der Waals surface area contributed by atoms with Gasteiger partial charge in [0.1, 0.15) is 10.6 Å². The van der Waals surface area contributed by atoms with Gasteiger partial charge < -0.3 is 10.1 Å². The first kappa shape index (κ1) is 20.6. The van der Waals surface area contributed by atoms with Crippen LogP contribution in [0.25, 0.3) is 10.9 Å². The zero-order valence-corrected chi connectivity index (χ0v) is 18.3. The minimum Gasteiger partial charge on any atom is -0.491 e. The number of pyridine rings is 1. The number of nitrogens with two attached hydrogens (primary N) is 1. The van der Waals surface area contributed by atoms with Crippen molar-refractivity contribution in [1.82, 2.24) is 4.98 Å². The molecule has 0 radical (unpaired) electrons. The van der Waals surface area contributed by atoms with Crippen LogP contribution in [-0.2, 0) is 10.0 Å². The van der Waals surface area contributed by atoms with E-state index in [1.54, 1.807) is 18.2 Å². The predicted molar refractivity (Wildman–Crippen MR) is 119 cm³/mol. The standard InChI is InChI=1S/C23H27N3O3S/c1-14-10-18(15(2)25-20-6-4-5-7-23(20)30(24,27)28)19-12-22(29-13-17-8-9-17)16(3)26-21(19)11-14/h4-7,10-12,15,17,25H,8-9,13H2,1-3H3,(H2,24,27,28). The molecule has 1 aliphatic rings. The van der Waals surface area contributed by atoms with Crippen LogP contribution in [-0.4, -0.2) is 20.0 Å². The molecule has 30 heavy (non-hydrogen) atoms. The Balaban J connectivity index is 1.73. The number of primary sulfonamides is 1. The van der Waals surface area contributed by atoms with E-state index < -0.39 is 10.0 Å². The highest BCUT2D eigenvalue weighted by Crippen LogP contribution is 2.34. The maximum absolute atomic E-state index is 12.0. The van der Waals surface area contributed by atoms with Crippen molar-refractivity contribution in [1.29, 1.82) is 0 Å². The molecule has 1 aliphatic carbocycles. The molecule has 4 rings (SSSR count). The van der Waals surface area contributed by atoms with E-state index in [2.05, 4.69) is 23.5 Å². The van der Waals surface area contributed by atoms with Gasteiger partial charge in [0.25, 0.3) is 0 Å². The highest BCUT2D eigenvalue weighted by atomic mass is 32.2. The van der Waals surface area contributed by atoms with Crippen molar-refractivity contribution in [2.24, 2.45) is 11.1 Å². The number of hydrogen-bond donors (Lipinski definition) is 2. The molecule has 1 fully saturated rings. The predicted octanol–water partition coefficient (Wildman–Crippen LogP) is 4.46. The minimum absolute atomic E-state index is 0.0798. The lowest BCUT2D eigenvalue weighted by Crippen LogP contribution is -2.16. The number of para-hydroxylation sites is 1. The van der Waals surface area contributed by atoms with Gasteiger partial charge in [-0.2, -0.15) is 0 Å². The molecule has 0 saturated heterocycles. The first-order valence-electron chi connectivity index (χ1n) is 10.2. The quantitative estimate of drug-likeness (QED) is 0.583. The summed E-state index contributed by atoms with van der Waals surface area (Å²) in [5.41, 5.74) is 4.37. The molecule has 0 aliphatic heterocycles.